The number of alkyl halides is 6. The van der Waals surface area contributed by atoms with Gasteiger partial charge in [0, 0.05) is 51.0 Å². The van der Waals surface area contributed by atoms with Gasteiger partial charge in [0.15, 0.2) is 5.82 Å². The summed E-state index contributed by atoms with van der Waals surface area (Å²) in [4.78, 5) is 26.7. The molecule has 0 aliphatic carbocycles. The number of fused-ring (bicyclic) bond motifs is 1. The van der Waals surface area contributed by atoms with E-state index in [1.54, 1.807) is 0 Å². The van der Waals surface area contributed by atoms with Crippen molar-refractivity contribution in [2.24, 2.45) is 5.92 Å². The Labute approximate surface area is 219 Å². The van der Waals surface area contributed by atoms with Crippen LogP contribution in [0.2, 0.25) is 0 Å². The van der Waals surface area contributed by atoms with Gasteiger partial charge in [0.25, 0.3) is 0 Å². The maximum absolute atomic E-state index is 10.6. The Hall–Kier alpha value is -3.53. The van der Waals surface area contributed by atoms with Gasteiger partial charge in [-0.3, -0.25) is 9.88 Å². The average molecular weight is 567 g/mol. The van der Waals surface area contributed by atoms with Gasteiger partial charge >= 0.3 is 24.3 Å². The SMILES string of the molecule is Cc1ccc(N2CC[C@@H]3CN(Cc4ccncc4)CCO[C@@H]3C2)nn1.O=C(O)C(F)(F)F.O=C(O)C(F)(F)F. The van der Waals surface area contributed by atoms with Crippen LogP contribution in [0.3, 0.4) is 0 Å². The highest BCUT2D eigenvalue weighted by atomic mass is 19.4. The number of hydrogen-bond donors (Lipinski definition) is 2. The van der Waals surface area contributed by atoms with E-state index in [1.165, 1.54) is 5.56 Å². The van der Waals surface area contributed by atoms with E-state index in [-0.39, 0.29) is 6.10 Å². The molecule has 0 unspecified atom stereocenters. The lowest BCUT2D eigenvalue weighted by Crippen LogP contribution is -2.47. The van der Waals surface area contributed by atoms with Gasteiger partial charge in [0.1, 0.15) is 0 Å². The molecule has 10 nitrogen and oxygen atoms in total. The van der Waals surface area contributed by atoms with Gasteiger partial charge in [-0.05, 0) is 43.2 Å². The summed E-state index contributed by atoms with van der Waals surface area (Å²) in [6.07, 6.45) is -5.02. The van der Waals surface area contributed by atoms with Gasteiger partial charge in [-0.2, -0.15) is 31.4 Å². The molecule has 2 aromatic heterocycles. The van der Waals surface area contributed by atoms with Crippen LogP contribution in [0.1, 0.15) is 17.7 Å². The fourth-order valence-corrected chi connectivity index (χ4v) is 3.78. The third-order valence-corrected chi connectivity index (χ3v) is 5.68. The van der Waals surface area contributed by atoms with Gasteiger partial charge in [0.05, 0.1) is 18.4 Å². The number of carbonyl (C=O) groups is 2. The first-order chi connectivity index (χ1) is 18.2. The lowest BCUT2D eigenvalue weighted by Gasteiger charge is -2.38. The number of halogens is 6. The molecule has 2 atom stereocenters. The van der Waals surface area contributed by atoms with Gasteiger partial charge in [-0.25, -0.2) is 9.59 Å². The second kappa shape index (κ2) is 14.0. The van der Waals surface area contributed by atoms with Crippen LogP contribution in [0.25, 0.3) is 0 Å². The summed E-state index contributed by atoms with van der Waals surface area (Å²) in [7, 11) is 0. The number of ether oxygens (including phenoxy) is 1. The standard InChI is InChI=1S/C19H25N5O.2C2HF3O2/c1-15-2-3-19(22-21-15)24-9-6-17-13-23(10-11-25-18(17)14-24)12-16-4-7-20-8-5-16;2*3-2(4,5)1(6)7/h2-5,7-8,17-18H,6,9-14H2,1H3;2*(H,6,7)/t17-,18-;;/m1../s1. The number of nitrogens with zero attached hydrogens (tertiary/aromatic N) is 5. The normalized spacial score (nSPS) is 19.8. The summed E-state index contributed by atoms with van der Waals surface area (Å²) >= 11 is 0. The largest absolute Gasteiger partial charge is 0.490 e. The molecule has 0 spiro atoms. The number of anilines is 1. The molecule has 16 heteroatoms. The van der Waals surface area contributed by atoms with Crippen molar-refractivity contribution in [3.8, 4) is 0 Å². The van der Waals surface area contributed by atoms with Crippen LogP contribution in [-0.4, -0.2) is 93.5 Å². The van der Waals surface area contributed by atoms with Crippen molar-refractivity contribution in [1.82, 2.24) is 20.1 Å². The molecule has 2 N–H and O–H groups in total. The number of aromatic nitrogens is 3. The highest BCUT2D eigenvalue weighted by molar-refractivity contribution is 5.73. The topological polar surface area (TPSA) is 129 Å². The van der Waals surface area contributed by atoms with Crippen molar-refractivity contribution < 1.29 is 50.9 Å². The predicted molar refractivity (Wildman–Crippen MR) is 124 cm³/mol. The Bertz CT molecular complexity index is 1030. The quantitative estimate of drug-likeness (QED) is 0.534. The second-order valence-electron chi connectivity index (χ2n) is 8.63. The van der Waals surface area contributed by atoms with Crippen LogP contribution in [-0.2, 0) is 20.9 Å². The maximum Gasteiger partial charge on any atom is 0.490 e. The van der Waals surface area contributed by atoms with E-state index >= 15 is 0 Å². The molecule has 0 radical (unpaired) electrons. The summed E-state index contributed by atoms with van der Waals surface area (Å²) in [5.74, 6) is -3.97. The molecule has 4 heterocycles. The Morgan fingerprint density at radius 1 is 0.949 bits per heavy atom. The number of aliphatic carboxylic acids is 2. The number of piperidine rings is 1. The lowest BCUT2D eigenvalue weighted by atomic mass is 9.93. The first-order valence-corrected chi connectivity index (χ1v) is 11.5. The molecule has 2 saturated heterocycles. The van der Waals surface area contributed by atoms with Crippen LogP contribution in [0.5, 0.6) is 0 Å². The van der Waals surface area contributed by atoms with E-state index in [0.717, 1.165) is 57.3 Å². The molecule has 0 aromatic carbocycles. The van der Waals surface area contributed by atoms with Crippen molar-refractivity contribution in [1.29, 1.82) is 0 Å². The third kappa shape index (κ3) is 11.0. The van der Waals surface area contributed by atoms with Crippen LogP contribution in [0, 0.1) is 12.8 Å². The molecule has 2 aliphatic rings. The van der Waals surface area contributed by atoms with Crippen LogP contribution < -0.4 is 4.90 Å². The highest BCUT2D eigenvalue weighted by Crippen LogP contribution is 2.27. The van der Waals surface area contributed by atoms with E-state index in [4.69, 9.17) is 24.5 Å². The molecule has 0 saturated carbocycles. The Morgan fingerprint density at radius 3 is 2.05 bits per heavy atom. The van der Waals surface area contributed by atoms with E-state index < -0.39 is 24.3 Å². The molecule has 2 aromatic rings. The van der Waals surface area contributed by atoms with E-state index in [9.17, 15) is 26.3 Å². The molecule has 4 rings (SSSR count). The van der Waals surface area contributed by atoms with Crippen LogP contribution in [0.4, 0.5) is 32.2 Å². The molecule has 0 amide bonds. The van der Waals surface area contributed by atoms with Gasteiger partial charge in [-0.1, -0.05) is 0 Å². The molecule has 216 valence electrons. The first kappa shape index (κ1) is 31.7. The first-order valence-electron chi connectivity index (χ1n) is 11.5. The molecule has 2 aliphatic heterocycles. The lowest BCUT2D eigenvalue weighted by molar-refractivity contribution is -0.193. The van der Waals surface area contributed by atoms with Gasteiger partial charge in [-0.15, -0.1) is 5.10 Å². The van der Waals surface area contributed by atoms with Crippen LogP contribution >= 0.6 is 0 Å². The monoisotopic (exact) mass is 567 g/mol. The molecular formula is C23H27F6N5O5. The minimum Gasteiger partial charge on any atom is -0.475 e. The summed E-state index contributed by atoms with van der Waals surface area (Å²) in [5.41, 5.74) is 2.27. The van der Waals surface area contributed by atoms with Gasteiger partial charge in [0.2, 0.25) is 0 Å². The third-order valence-electron chi connectivity index (χ3n) is 5.68. The van der Waals surface area contributed by atoms with E-state index in [1.807, 2.05) is 25.4 Å². The van der Waals surface area contributed by atoms with Crippen molar-refractivity contribution in [2.75, 3.05) is 37.7 Å². The summed E-state index contributed by atoms with van der Waals surface area (Å²) in [6, 6.07) is 8.29. The Morgan fingerprint density at radius 2 is 1.54 bits per heavy atom. The zero-order valence-corrected chi connectivity index (χ0v) is 20.7. The van der Waals surface area contributed by atoms with Crippen molar-refractivity contribution in [3.63, 3.8) is 0 Å². The number of carboxylic acids is 2. The van der Waals surface area contributed by atoms with E-state index in [0.29, 0.717) is 5.92 Å². The average Bonchev–Trinajstić information content (AvgIpc) is 3.06. The van der Waals surface area contributed by atoms with Crippen molar-refractivity contribution >= 4 is 17.8 Å². The molecule has 0 bridgehead atoms. The fourth-order valence-electron chi connectivity index (χ4n) is 3.78. The minimum absolute atomic E-state index is 0.277. The van der Waals surface area contributed by atoms with Crippen molar-refractivity contribution in [3.05, 3.63) is 47.9 Å². The van der Waals surface area contributed by atoms with Gasteiger partial charge < -0.3 is 19.8 Å². The fraction of sp³-hybridized carbons (Fsp3) is 0.522. The summed E-state index contributed by atoms with van der Waals surface area (Å²) in [6.45, 7) is 7.74. The number of pyridine rings is 1. The number of hydrogen-bond acceptors (Lipinski definition) is 8. The Kier molecular flexibility index (Phi) is 11.4. The smallest absolute Gasteiger partial charge is 0.475 e. The highest BCUT2D eigenvalue weighted by Gasteiger charge is 2.39. The Balaban J connectivity index is 0.000000317. The summed E-state index contributed by atoms with van der Waals surface area (Å²) < 4.78 is 69.7. The van der Waals surface area contributed by atoms with Crippen molar-refractivity contribution in [2.45, 2.75) is 38.3 Å². The molecular weight excluding hydrogens is 540 g/mol. The van der Waals surface area contributed by atoms with E-state index in [2.05, 4.69) is 43.2 Å². The predicted octanol–water partition coefficient (Wildman–Crippen LogP) is 3.17. The number of aryl methyl sites for hydroxylation is 1. The zero-order chi connectivity index (χ0) is 29.2. The zero-order valence-electron chi connectivity index (χ0n) is 20.7. The second-order valence-corrected chi connectivity index (χ2v) is 8.63. The summed E-state index contributed by atoms with van der Waals surface area (Å²) in [5, 5.41) is 22.8. The maximum atomic E-state index is 10.6. The minimum atomic E-state index is -5.08. The number of carboxylic acid groups (broad SMARTS) is 2. The van der Waals surface area contributed by atoms with Crippen LogP contribution in [0.15, 0.2) is 36.7 Å². The molecule has 2 fully saturated rings. The number of rotatable bonds is 3. The molecule has 39 heavy (non-hydrogen) atoms.